The number of piperazine rings is 1. The van der Waals surface area contributed by atoms with Crippen molar-refractivity contribution in [2.24, 2.45) is 0 Å². The predicted octanol–water partition coefficient (Wildman–Crippen LogP) is 2.54. The van der Waals surface area contributed by atoms with Gasteiger partial charge in [-0.25, -0.2) is 0 Å². The first-order valence-corrected chi connectivity index (χ1v) is 11.5. The van der Waals surface area contributed by atoms with Crippen LogP contribution in [0.15, 0.2) is 60.7 Å². The third-order valence-corrected chi connectivity index (χ3v) is 6.03. The van der Waals surface area contributed by atoms with E-state index in [1.54, 1.807) is 6.92 Å². The van der Waals surface area contributed by atoms with Crippen LogP contribution in [0.25, 0.3) is 6.08 Å². The summed E-state index contributed by atoms with van der Waals surface area (Å²) in [6.07, 6.45) is 4.35. The van der Waals surface area contributed by atoms with Gasteiger partial charge in [0, 0.05) is 5.56 Å². The van der Waals surface area contributed by atoms with E-state index < -0.39 is 6.04 Å². The maximum Gasteiger partial charge on any atom is 0.251 e. The van der Waals surface area contributed by atoms with Gasteiger partial charge in [-0.2, -0.15) is 0 Å². The number of hydrogen-bond donors (Lipinski definition) is 2. The minimum atomic E-state index is -0.538. The van der Waals surface area contributed by atoms with E-state index >= 15 is 0 Å². The van der Waals surface area contributed by atoms with Crippen LogP contribution in [0.3, 0.4) is 0 Å². The van der Waals surface area contributed by atoms with Crippen molar-refractivity contribution in [3.8, 4) is 0 Å². The molecule has 170 valence electrons. The van der Waals surface area contributed by atoms with Gasteiger partial charge in [-0.15, -0.1) is 0 Å². The molecule has 0 bridgehead atoms. The number of hydrogen-bond acceptors (Lipinski definition) is 2. The third kappa shape index (κ3) is 6.54. The highest BCUT2D eigenvalue weighted by Gasteiger charge is 2.27. The van der Waals surface area contributed by atoms with Crippen molar-refractivity contribution in [2.75, 3.05) is 32.7 Å². The van der Waals surface area contributed by atoms with Gasteiger partial charge in [0.25, 0.3) is 5.91 Å². The summed E-state index contributed by atoms with van der Waals surface area (Å²) < 4.78 is 0. The van der Waals surface area contributed by atoms with Crippen LogP contribution in [0.1, 0.15) is 49.2 Å². The lowest BCUT2D eigenvalue weighted by Crippen LogP contribution is -3.14. The maximum atomic E-state index is 12.8. The van der Waals surface area contributed by atoms with Crippen LogP contribution >= 0.6 is 0 Å². The number of carbonyl (C=O) groups excluding carboxylic acids is 2. The van der Waals surface area contributed by atoms with E-state index in [0.717, 1.165) is 19.6 Å². The molecule has 2 amide bonds. The molecule has 2 aromatic carbocycles. The number of nitrogens with zero attached hydrogens (tertiary/aromatic N) is 1. The van der Waals surface area contributed by atoms with Gasteiger partial charge in [-0.1, -0.05) is 69.3 Å². The smallest absolute Gasteiger partial charge is 0.251 e. The SMILES string of the molecule is C[C@H](NC(=O)c1ccc(C(C)(C)C)cc1)C(=O)N1CC[NH+](C/C=C/c2ccccc2)CC1. The summed E-state index contributed by atoms with van der Waals surface area (Å²) in [6, 6.07) is 17.4. The largest absolute Gasteiger partial charge is 0.341 e. The summed E-state index contributed by atoms with van der Waals surface area (Å²) in [5.74, 6) is -0.217. The molecule has 1 atom stereocenters. The molecule has 1 saturated heterocycles. The normalized spacial score (nSPS) is 16.2. The zero-order valence-electron chi connectivity index (χ0n) is 19.7. The number of quaternary nitrogens is 1. The molecule has 1 fully saturated rings. The highest BCUT2D eigenvalue weighted by Crippen LogP contribution is 2.22. The molecule has 0 saturated carbocycles. The summed E-state index contributed by atoms with van der Waals surface area (Å²) in [5.41, 5.74) is 3.01. The molecule has 0 aromatic heterocycles. The topological polar surface area (TPSA) is 53.9 Å². The third-order valence-electron chi connectivity index (χ3n) is 6.03. The van der Waals surface area contributed by atoms with Crippen LogP contribution in [-0.4, -0.2) is 55.5 Å². The summed E-state index contributed by atoms with van der Waals surface area (Å²) in [5, 5.41) is 2.87. The average molecular weight is 435 g/mol. The summed E-state index contributed by atoms with van der Waals surface area (Å²) in [4.78, 5) is 28.8. The van der Waals surface area contributed by atoms with Crippen LogP contribution < -0.4 is 10.2 Å². The van der Waals surface area contributed by atoms with Crippen molar-refractivity contribution < 1.29 is 14.5 Å². The molecule has 0 unspecified atom stereocenters. The number of amides is 2. The van der Waals surface area contributed by atoms with Crippen LogP contribution in [0.2, 0.25) is 0 Å². The molecule has 1 aliphatic heterocycles. The Bertz CT molecular complexity index is 922. The summed E-state index contributed by atoms with van der Waals surface area (Å²) in [7, 11) is 0. The molecule has 5 nitrogen and oxygen atoms in total. The van der Waals surface area contributed by atoms with Crippen molar-refractivity contribution in [2.45, 2.75) is 39.2 Å². The lowest BCUT2D eigenvalue weighted by molar-refractivity contribution is -0.898. The lowest BCUT2D eigenvalue weighted by Gasteiger charge is -2.33. The van der Waals surface area contributed by atoms with Crippen molar-refractivity contribution in [1.82, 2.24) is 10.2 Å². The Morgan fingerprint density at radius 3 is 2.25 bits per heavy atom. The second-order valence-electron chi connectivity index (χ2n) is 9.61. The first-order chi connectivity index (χ1) is 15.2. The molecule has 0 spiro atoms. The van der Waals surface area contributed by atoms with E-state index in [1.807, 2.05) is 47.4 Å². The molecule has 2 aromatic rings. The quantitative estimate of drug-likeness (QED) is 0.734. The molecular formula is C27H36N3O2+. The van der Waals surface area contributed by atoms with Gasteiger partial charge in [-0.3, -0.25) is 9.59 Å². The molecule has 32 heavy (non-hydrogen) atoms. The second kappa shape index (κ2) is 10.6. The molecule has 1 aliphatic rings. The molecule has 0 aliphatic carbocycles. The highest BCUT2D eigenvalue weighted by molar-refractivity contribution is 5.97. The number of benzene rings is 2. The zero-order chi connectivity index (χ0) is 23.1. The van der Waals surface area contributed by atoms with Gasteiger partial charge in [0.05, 0.1) is 32.7 Å². The van der Waals surface area contributed by atoms with E-state index in [9.17, 15) is 9.59 Å². The Morgan fingerprint density at radius 2 is 1.66 bits per heavy atom. The predicted molar refractivity (Wildman–Crippen MR) is 130 cm³/mol. The van der Waals surface area contributed by atoms with E-state index in [-0.39, 0.29) is 17.2 Å². The van der Waals surface area contributed by atoms with Crippen molar-refractivity contribution in [1.29, 1.82) is 0 Å². The van der Waals surface area contributed by atoms with Gasteiger partial charge < -0.3 is 15.1 Å². The van der Waals surface area contributed by atoms with Gasteiger partial charge in [0.15, 0.2) is 0 Å². The Balaban J connectivity index is 1.45. The van der Waals surface area contributed by atoms with E-state index in [0.29, 0.717) is 18.7 Å². The van der Waals surface area contributed by atoms with Gasteiger partial charge in [0.2, 0.25) is 5.91 Å². The Morgan fingerprint density at radius 1 is 1.03 bits per heavy atom. The number of nitrogens with one attached hydrogen (secondary N) is 2. The van der Waals surface area contributed by atoms with Crippen molar-refractivity contribution in [3.05, 3.63) is 77.4 Å². The summed E-state index contributed by atoms with van der Waals surface area (Å²) >= 11 is 0. The van der Waals surface area contributed by atoms with Gasteiger partial charge in [-0.05, 0) is 41.7 Å². The first-order valence-electron chi connectivity index (χ1n) is 11.5. The zero-order valence-corrected chi connectivity index (χ0v) is 19.7. The fraction of sp³-hybridized carbons (Fsp3) is 0.407. The Kier molecular flexibility index (Phi) is 7.86. The Labute approximate surface area is 192 Å². The molecule has 2 N–H and O–H groups in total. The minimum Gasteiger partial charge on any atom is -0.341 e. The monoisotopic (exact) mass is 434 g/mol. The fourth-order valence-corrected chi connectivity index (χ4v) is 3.91. The van der Waals surface area contributed by atoms with Crippen LogP contribution in [0.5, 0.6) is 0 Å². The highest BCUT2D eigenvalue weighted by atomic mass is 16.2. The number of carbonyl (C=O) groups is 2. The maximum absolute atomic E-state index is 12.8. The van der Waals surface area contributed by atoms with E-state index in [2.05, 4.69) is 50.4 Å². The summed E-state index contributed by atoms with van der Waals surface area (Å²) in [6.45, 7) is 12.4. The van der Waals surface area contributed by atoms with Crippen molar-refractivity contribution in [3.63, 3.8) is 0 Å². The standard InChI is InChI=1S/C27H35N3O2/c1-21(28-25(31)23-12-14-24(15-13-23)27(2,3)4)26(32)30-19-17-29(18-20-30)16-8-11-22-9-6-5-7-10-22/h5-15,21H,16-20H2,1-4H3,(H,28,31)/p+1/b11-8+/t21-/m0/s1. The van der Waals surface area contributed by atoms with Crippen LogP contribution in [0, 0.1) is 0 Å². The average Bonchev–Trinajstić information content (AvgIpc) is 2.79. The fourth-order valence-electron chi connectivity index (χ4n) is 3.91. The first kappa shape index (κ1) is 23.7. The minimum absolute atomic E-state index is 0.0106. The lowest BCUT2D eigenvalue weighted by atomic mass is 9.86. The molecule has 0 radical (unpaired) electrons. The molecular weight excluding hydrogens is 398 g/mol. The molecule has 1 heterocycles. The van der Waals surface area contributed by atoms with E-state index in [4.69, 9.17) is 0 Å². The molecule has 3 rings (SSSR count). The molecule has 5 heteroatoms. The Hall–Kier alpha value is -2.92. The van der Waals surface area contributed by atoms with Gasteiger partial charge >= 0.3 is 0 Å². The second-order valence-corrected chi connectivity index (χ2v) is 9.61. The van der Waals surface area contributed by atoms with Crippen LogP contribution in [-0.2, 0) is 10.2 Å². The van der Waals surface area contributed by atoms with Crippen LogP contribution in [0.4, 0.5) is 0 Å². The number of rotatable bonds is 6. The van der Waals surface area contributed by atoms with E-state index in [1.165, 1.54) is 16.0 Å². The van der Waals surface area contributed by atoms with Crippen molar-refractivity contribution >= 4 is 17.9 Å². The van der Waals surface area contributed by atoms with Gasteiger partial charge in [0.1, 0.15) is 6.04 Å².